The Morgan fingerprint density at radius 2 is 0.783 bits per heavy atom. The number of allylic oxidation sites excluding steroid dienone is 2. The number of ether oxygens (including phenoxy) is 1. The summed E-state index contributed by atoms with van der Waals surface area (Å²) in [7, 11) is 0. The quantitative estimate of drug-likeness (QED) is 0.0322. The van der Waals surface area contributed by atoms with Crippen molar-refractivity contribution in [1.29, 1.82) is 0 Å². The van der Waals surface area contributed by atoms with Gasteiger partial charge in [0.15, 0.2) is 0 Å². The van der Waals surface area contributed by atoms with Gasteiger partial charge in [-0.3, -0.25) is 9.59 Å². The molecular formula is C54H105NO5. The van der Waals surface area contributed by atoms with Gasteiger partial charge < -0.3 is 20.3 Å². The van der Waals surface area contributed by atoms with E-state index in [2.05, 4.69) is 31.3 Å². The first-order chi connectivity index (χ1) is 29.5. The van der Waals surface area contributed by atoms with Crippen LogP contribution in [0.25, 0.3) is 0 Å². The molecule has 0 aliphatic rings. The smallest absolute Gasteiger partial charge is 0.305 e. The number of rotatable bonds is 50. The van der Waals surface area contributed by atoms with Crippen LogP contribution in [0.3, 0.4) is 0 Å². The normalized spacial score (nSPS) is 12.7. The number of unbranched alkanes of at least 4 members (excludes halogenated alkanes) is 37. The summed E-state index contributed by atoms with van der Waals surface area (Å²) in [5, 5.41) is 23.3. The van der Waals surface area contributed by atoms with E-state index in [1.807, 2.05) is 0 Å². The zero-order valence-electron chi connectivity index (χ0n) is 40.5. The van der Waals surface area contributed by atoms with Crippen molar-refractivity contribution in [2.45, 2.75) is 309 Å². The molecule has 60 heavy (non-hydrogen) atoms. The average molecular weight is 848 g/mol. The molecule has 0 saturated carbocycles. The maximum atomic E-state index is 12.5. The number of carbonyl (C=O) groups is 2. The Labute approximate surface area is 374 Å². The zero-order valence-corrected chi connectivity index (χ0v) is 40.5. The van der Waals surface area contributed by atoms with Gasteiger partial charge in [-0.2, -0.15) is 0 Å². The highest BCUT2D eigenvalue weighted by Gasteiger charge is 2.20. The van der Waals surface area contributed by atoms with Gasteiger partial charge >= 0.3 is 5.97 Å². The average Bonchev–Trinajstić information content (AvgIpc) is 3.25. The standard InChI is InChI=1S/C54H105NO5/c1-3-5-7-9-11-13-15-17-19-20-22-23-26-30-34-38-42-46-52(57)51(50-56)55-53(58)47-43-39-35-31-27-25-29-33-37-41-45-49-60-54(59)48-44-40-36-32-28-24-21-18-16-14-12-10-8-6-4-2/h18,21,51-52,56-57H,3-17,19-20,22-50H2,1-2H3,(H,55,58)/b21-18-. The van der Waals surface area contributed by atoms with Gasteiger partial charge in [-0.15, -0.1) is 0 Å². The molecule has 0 saturated heterocycles. The molecule has 6 heteroatoms. The summed E-state index contributed by atoms with van der Waals surface area (Å²) in [6.07, 6.45) is 57.5. The number of nitrogens with one attached hydrogen (secondary N) is 1. The number of aliphatic hydroxyl groups is 2. The van der Waals surface area contributed by atoms with E-state index in [4.69, 9.17) is 4.74 Å². The van der Waals surface area contributed by atoms with Crippen molar-refractivity contribution in [1.82, 2.24) is 5.32 Å². The monoisotopic (exact) mass is 848 g/mol. The van der Waals surface area contributed by atoms with E-state index in [9.17, 15) is 19.8 Å². The lowest BCUT2D eigenvalue weighted by Crippen LogP contribution is -2.45. The molecule has 0 aromatic rings. The van der Waals surface area contributed by atoms with Crippen LogP contribution in [0.15, 0.2) is 12.2 Å². The molecule has 0 aliphatic carbocycles. The fraction of sp³-hybridized carbons (Fsp3) is 0.926. The molecule has 356 valence electrons. The molecule has 2 atom stereocenters. The third kappa shape index (κ3) is 46.1. The van der Waals surface area contributed by atoms with E-state index in [1.54, 1.807) is 0 Å². The topological polar surface area (TPSA) is 95.9 Å². The minimum Gasteiger partial charge on any atom is -0.466 e. The number of esters is 1. The van der Waals surface area contributed by atoms with Crippen LogP contribution in [-0.2, 0) is 14.3 Å². The minimum atomic E-state index is -0.676. The predicted molar refractivity (Wildman–Crippen MR) is 260 cm³/mol. The number of aliphatic hydroxyl groups excluding tert-OH is 2. The van der Waals surface area contributed by atoms with Gasteiger partial charge in [0.25, 0.3) is 0 Å². The van der Waals surface area contributed by atoms with E-state index < -0.39 is 12.1 Å². The van der Waals surface area contributed by atoms with E-state index in [1.165, 1.54) is 205 Å². The fourth-order valence-corrected chi connectivity index (χ4v) is 8.40. The van der Waals surface area contributed by atoms with Crippen LogP contribution in [0.1, 0.15) is 296 Å². The van der Waals surface area contributed by atoms with Crippen LogP contribution in [0.4, 0.5) is 0 Å². The van der Waals surface area contributed by atoms with Crippen molar-refractivity contribution in [3.63, 3.8) is 0 Å². The molecule has 3 N–H and O–H groups in total. The summed E-state index contributed by atoms with van der Waals surface area (Å²) in [5.41, 5.74) is 0. The van der Waals surface area contributed by atoms with Gasteiger partial charge in [0.2, 0.25) is 5.91 Å². The maximum absolute atomic E-state index is 12.5. The van der Waals surface area contributed by atoms with Crippen LogP contribution in [0.2, 0.25) is 0 Å². The summed E-state index contributed by atoms with van der Waals surface area (Å²) in [6.45, 7) is 4.92. The van der Waals surface area contributed by atoms with Crippen molar-refractivity contribution in [3.05, 3.63) is 12.2 Å². The minimum absolute atomic E-state index is 0.0209. The second kappa shape index (κ2) is 50.2. The SMILES string of the molecule is CCCCCCCC/C=C\CCCCCCCC(=O)OCCCCCCCCCCCCCC(=O)NC(CO)C(O)CCCCCCCCCCCCCCCCCCC. The van der Waals surface area contributed by atoms with E-state index in [-0.39, 0.29) is 18.5 Å². The van der Waals surface area contributed by atoms with Crippen LogP contribution >= 0.6 is 0 Å². The lowest BCUT2D eigenvalue weighted by Gasteiger charge is -2.22. The van der Waals surface area contributed by atoms with Gasteiger partial charge in [-0.05, 0) is 51.4 Å². The molecule has 0 spiro atoms. The first-order valence-corrected chi connectivity index (χ1v) is 26.9. The van der Waals surface area contributed by atoms with Crippen molar-refractivity contribution < 1.29 is 24.5 Å². The highest BCUT2D eigenvalue weighted by atomic mass is 16.5. The second-order valence-electron chi connectivity index (χ2n) is 18.6. The van der Waals surface area contributed by atoms with Crippen molar-refractivity contribution in [2.24, 2.45) is 0 Å². The highest BCUT2D eigenvalue weighted by Crippen LogP contribution is 2.17. The second-order valence-corrected chi connectivity index (χ2v) is 18.6. The lowest BCUT2D eigenvalue weighted by molar-refractivity contribution is -0.143. The van der Waals surface area contributed by atoms with Crippen LogP contribution < -0.4 is 5.32 Å². The maximum Gasteiger partial charge on any atom is 0.305 e. The predicted octanol–water partition coefficient (Wildman–Crippen LogP) is 16.1. The Balaban J connectivity index is 3.47. The van der Waals surface area contributed by atoms with Gasteiger partial charge in [-0.1, -0.05) is 244 Å². The Morgan fingerprint density at radius 3 is 1.18 bits per heavy atom. The van der Waals surface area contributed by atoms with Crippen LogP contribution in [0.5, 0.6) is 0 Å². The fourth-order valence-electron chi connectivity index (χ4n) is 8.40. The van der Waals surface area contributed by atoms with Crippen molar-refractivity contribution >= 4 is 11.9 Å². The molecule has 0 aromatic carbocycles. The number of hydrogen-bond acceptors (Lipinski definition) is 5. The summed E-state index contributed by atoms with van der Waals surface area (Å²) in [6, 6.07) is -0.555. The summed E-state index contributed by atoms with van der Waals surface area (Å²) in [4.78, 5) is 24.5. The van der Waals surface area contributed by atoms with E-state index in [0.717, 1.165) is 57.8 Å². The molecular weight excluding hydrogens is 743 g/mol. The Hall–Kier alpha value is -1.40. The van der Waals surface area contributed by atoms with Crippen molar-refractivity contribution in [3.8, 4) is 0 Å². The molecule has 1 amide bonds. The molecule has 0 radical (unpaired) electrons. The highest BCUT2D eigenvalue weighted by molar-refractivity contribution is 5.76. The Morgan fingerprint density at radius 1 is 0.450 bits per heavy atom. The van der Waals surface area contributed by atoms with Gasteiger partial charge in [0.05, 0.1) is 25.4 Å². The number of carbonyl (C=O) groups excluding carboxylic acids is 2. The molecule has 2 unspecified atom stereocenters. The van der Waals surface area contributed by atoms with Gasteiger partial charge in [-0.25, -0.2) is 0 Å². The zero-order chi connectivity index (χ0) is 43.7. The third-order valence-electron chi connectivity index (χ3n) is 12.6. The first-order valence-electron chi connectivity index (χ1n) is 26.9. The van der Waals surface area contributed by atoms with E-state index in [0.29, 0.717) is 25.9 Å². The Kier molecular flexibility index (Phi) is 49.1. The van der Waals surface area contributed by atoms with Gasteiger partial charge in [0, 0.05) is 12.8 Å². The largest absolute Gasteiger partial charge is 0.466 e. The van der Waals surface area contributed by atoms with Crippen molar-refractivity contribution in [2.75, 3.05) is 13.2 Å². The summed E-state index contributed by atoms with van der Waals surface area (Å²) >= 11 is 0. The van der Waals surface area contributed by atoms with Crippen LogP contribution in [-0.4, -0.2) is 47.4 Å². The molecule has 0 aliphatic heterocycles. The molecule has 0 fully saturated rings. The lowest BCUT2D eigenvalue weighted by atomic mass is 10.0. The third-order valence-corrected chi connectivity index (χ3v) is 12.6. The van der Waals surface area contributed by atoms with Gasteiger partial charge in [0.1, 0.15) is 0 Å². The number of amides is 1. The molecule has 0 rings (SSSR count). The Bertz CT molecular complexity index is 893. The molecule has 0 heterocycles. The van der Waals surface area contributed by atoms with E-state index >= 15 is 0 Å². The molecule has 0 bridgehead atoms. The molecule has 0 aromatic heterocycles. The number of hydrogen-bond donors (Lipinski definition) is 3. The van der Waals surface area contributed by atoms with Crippen LogP contribution in [0, 0.1) is 0 Å². The summed E-state index contributed by atoms with van der Waals surface area (Å²) < 4.78 is 5.46. The first kappa shape index (κ1) is 58.6. The molecule has 6 nitrogen and oxygen atoms in total. The summed E-state index contributed by atoms with van der Waals surface area (Å²) in [5.74, 6) is -0.0730.